The number of carbonyl (C=O) groups excluding carboxylic acids is 2. The first-order valence-electron chi connectivity index (χ1n) is 11.9. The molecule has 0 aliphatic rings. The summed E-state index contributed by atoms with van der Waals surface area (Å²) >= 11 is 0. The molecule has 0 bridgehead atoms. The second-order valence-electron chi connectivity index (χ2n) is 9.68. The lowest BCUT2D eigenvalue weighted by Gasteiger charge is -2.20. The quantitative estimate of drug-likeness (QED) is 0.405. The summed E-state index contributed by atoms with van der Waals surface area (Å²) < 4.78 is 10.6. The normalized spacial score (nSPS) is 12.1. The van der Waals surface area contributed by atoms with Crippen LogP contribution in [0.1, 0.15) is 45.4 Å². The van der Waals surface area contributed by atoms with Crippen molar-refractivity contribution in [3.8, 4) is 0 Å². The van der Waals surface area contributed by atoms with E-state index in [0.29, 0.717) is 42.7 Å². The highest BCUT2D eigenvalue weighted by Crippen LogP contribution is 2.24. The molecule has 3 aromatic rings. The minimum Gasteiger partial charge on any atom is -0.444 e. The van der Waals surface area contributed by atoms with Crippen LogP contribution in [-0.2, 0) is 16.0 Å². The molecule has 36 heavy (non-hydrogen) atoms. The van der Waals surface area contributed by atoms with Crippen LogP contribution in [0.3, 0.4) is 0 Å². The zero-order valence-electron chi connectivity index (χ0n) is 21.3. The molecular formula is C26H33N5O5. The molecule has 192 valence electrons. The van der Waals surface area contributed by atoms with E-state index in [2.05, 4.69) is 25.9 Å². The highest BCUT2D eigenvalue weighted by atomic mass is 16.6. The Morgan fingerprint density at radius 2 is 1.94 bits per heavy atom. The van der Waals surface area contributed by atoms with Crippen LogP contribution >= 0.6 is 0 Å². The number of aryl methyl sites for hydroxylation is 1. The summed E-state index contributed by atoms with van der Waals surface area (Å²) in [5.74, 6) is -0.0846. The van der Waals surface area contributed by atoms with E-state index in [-0.39, 0.29) is 23.2 Å². The number of ether oxygens (including phenoxy) is 1. The number of nitrogens with zero attached hydrogens (tertiary/aromatic N) is 2. The SMILES string of the molecule is Cc1c(NC(=O)OC(C)(C)C)ccc2nc(NCC(C)CC(=O)NCCc3ccccn3)oc(=O)c12. The van der Waals surface area contributed by atoms with Crippen molar-refractivity contribution in [3.63, 3.8) is 0 Å². The van der Waals surface area contributed by atoms with Crippen molar-refractivity contribution in [1.82, 2.24) is 15.3 Å². The van der Waals surface area contributed by atoms with Crippen LogP contribution < -0.4 is 21.6 Å². The Balaban J connectivity index is 1.56. The molecule has 1 unspecified atom stereocenters. The Hall–Kier alpha value is -3.95. The van der Waals surface area contributed by atoms with Crippen LogP contribution in [0, 0.1) is 12.8 Å². The first kappa shape index (κ1) is 26.7. The Morgan fingerprint density at radius 1 is 1.17 bits per heavy atom. The fraction of sp³-hybridized carbons (Fsp3) is 0.423. The number of anilines is 2. The summed E-state index contributed by atoms with van der Waals surface area (Å²) in [7, 11) is 0. The smallest absolute Gasteiger partial charge is 0.412 e. The van der Waals surface area contributed by atoms with Gasteiger partial charge in [-0.3, -0.25) is 15.1 Å². The minimum absolute atomic E-state index is 0.0233. The lowest BCUT2D eigenvalue weighted by Crippen LogP contribution is -2.29. The van der Waals surface area contributed by atoms with Crippen molar-refractivity contribution in [2.75, 3.05) is 23.7 Å². The van der Waals surface area contributed by atoms with Gasteiger partial charge < -0.3 is 19.8 Å². The topological polar surface area (TPSA) is 135 Å². The van der Waals surface area contributed by atoms with Crippen molar-refractivity contribution in [1.29, 1.82) is 0 Å². The molecule has 10 heteroatoms. The van der Waals surface area contributed by atoms with E-state index < -0.39 is 17.3 Å². The standard InChI is InChI=1S/C26H33N5O5/c1-16(14-21(32)28-13-11-18-8-6-7-12-27-18)15-29-24-30-20-10-9-19(17(2)22(20)23(33)35-24)31-25(34)36-26(3,4)5/h6-10,12,16H,11,13-15H2,1-5H3,(H,28,32)(H,29,30)(H,31,34). The summed E-state index contributed by atoms with van der Waals surface area (Å²) in [5, 5.41) is 8.82. The van der Waals surface area contributed by atoms with Crippen molar-refractivity contribution in [2.24, 2.45) is 5.92 Å². The van der Waals surface area contributed by atoms with Gasteiger partial charge in [0, 0.05) is 43.5 Å². The van der Waals surface area contributed by atoms with E-state index in [9.17, 15) is 14.4 Å². The molecule has 2 aromatic heterocycles. The first-order valence-corrected chi connectivity index (χ1v) is 11.9. The maximum Gasteiger partial charge on any atom is 0.412 e. The maximum absolute atomic E-state index is 12.7. The van der Waals surface area contributed by atoms with Gasteiger partial charge in [0.05, 0.1) is 10.9 Å². The molecule has 2 amide bonds. The Bertz CT molecular complexity index is 1270. The lowest BCUT2D eigenvalue weighted by molar-refractivity contribution is -0.121. The second kappa shape index (κ2) is 11.7. The summed E-state index contributed by atoms with van der Waals surface area (Å²) in [6, 6.07) is 9.06. The zero-order valence-corrected chi connectivity index (χ0v) is 21.3. The van der Waals surface area contributed by atoms with Crippen molar-refractivity contribution in [2.45, 2.75) is 53.1 Å². The van der Waals surface area contributed by atoms with Gasteiger partial charge in [-0.15, -0.1) is 0 Å². The second-order valence-corrected chi connectivity index (χ2v) is 9.68. The average molecular weight is 496 g/mol. The molecule has 0 saturated carbocycles. The molecule has 0 fully saturated rings. The van der Waals surface area contributed by atoms with Crippen molar-refractivity contribution < 1.29 is 18.7 Å². The van der Waals surface area contributed by atoms with E-state index >= 15 is 0 Å². The minimum atomic E-state index is -0.645. The highest BCUT2D eigenvalue weighted by molar-refractivity contribution is 5.93. The van der Waals surface area contributed by atoms with Crippen LogP contribution in [0.25, 0.3) is 10.9 Å². The third-order valence-corrected chi connectivity index (χ3v) is 5.26. The summed E-state index contributed by atoms with van der Waals surface area (Å²) in [6.45, 7) is 9.84. The van der Waals surface area contributed by atoms with E-state index in [1.807, 2.05) is 25.1 Å². The van der Waals surface area contributed by atoms with Crippen LogP contribution in [0.5, 0.6) is 0 Å². The molecule has 3 rings (SSSR count). The molecule has 1 atom stereocenters. The summed E-state index contributed by atoms with van der Waals surface area (Å²) in [4.78, 5) is 45.6. The Labute approximate surface area is 209 Å². The molecular weight excluding hydrogens is 462 g/mol. The number of nitrogens with one attached hydrogen (secondary N) is 3. The number of amides is 2. The molecule has 10 nitrogen and oxygen atoms in total. The number of aromatic nitrogens is 2. The van der Waals surface area contributed by atoms with Crippen LogP contribution in [0.2, 0.25) is 0 Å². The van der Waals surface area contributed by atoms with Gasteiger partial charge in [0.1, 0.15) is 5.60 Å². The number of rotatable bonds is 9. The molecule has 2 heterocycles. The third kappa shape index (κ3) is 7.79. The monoisotopic (exact) mass is 495 g/mol. The van der Waals surface area contributed by atoms with Gasteiger partial charge in [-0.1, -0.05) is 13.0 Å². The van der Waals surface area contributed by atoms with Gasteiger partial charge in [-0.25, -0.2) is 9.59 Å². The van der Waals surface area contributed by atoms with E-state index in [0.717, 1.165) is 5.69 Å². The molecule has 1 aromatic carbocycles. The van der Waals surface area contributed by atoms with Gasteiger partial charge in [-0.2, -0.15) is 4.98 Å². The predicted octanol–water partition coefficient (Wildman–Crippen LogP) is 4.04. The zero-order chi connectivity index (χ0) is 26.3. The van der Waals surface area contributed by atoms with E-state index in [1.54, 1.807) is 46.0 Å². The van der Waals surface area contributed by atoms with Gasteiger partial charge in [0.2, 0.25) is 5.91 Å². The van der Waals surface area contributed by atoms with Gasteiger partial charge in [0.25, 0.3) is 6.01 Å². The Kier molecular flexibility index (Phi) is 8.63. The van der Waals surface area contributed by atoms with Crippen molar-refractivity contribution in [3.05, 3.63) is 58.2 Å². The summed E-state index contributed by atoms with van der Waals surface area (Å²) in [5.41, 5.74) is 1.10. The van der Waals surface area contributed by atoms with Crippen LogP contribution in [-0.4, -0.2) is 40.7 Å². The van der Waals surface area contributed by atoms with Gasteiger partial charge in [-0.05, 0) is 63.4 Å². The van der Waals surface area contributed by atoms with Crippen LogP contribution in [0.4, 0.5) is 16.5 Å². The van der Waals surface area contributed by atoms with Crippen molar-refractivity contribution >= 4 is 34.6 Å². The molecule has 0 spiro atoms. The van der Waals surface area contributed by atoms with Gasteiger partial charge in [0.15, 0.2) is 0 Å². The molecule has 0 radical (unpaired) electrons. The number of fused-ring (bicyclic) bond motifs is 1. The largest absolute Gasteiger partial charge is 0.444 e. The average Bonchev–Trinajstić information content (AvgIpc) is 2.79. The number of hydrogen-bond donors (Lipinski definition) is 3. The summed E-state index contributed by atoms with van der Waals surface area (Å²) in [6.07, 6.45) is 2.09. The van der Waals surface area contributed by atoms with E-state index in [4.69, 9.17) is 9.15 Å². The fourth-order valence-electron chi connectivity index (χ4n) is 3.54. The number of benzene rings is 1. The molecule has 0 aliphatic carbocycles. The number of pyridine rings is 1. The lowest BCUT2D eigenvalue weighted by atomic mass is 10.1. The van der Waals surface area contributed by atoms with E-state index in [1.165, 1.54) is 0 Å². The number of carbonyl (C=O) groups is 2. The highest BCUT2D eigenvalue weighted by Gasteiger charge is 2.19. The van der Waals surface area contributed by atoms with Crippen LogP contribution in [0.15, 0.2) is 45.7 Å². The molecule has 0 saturated heterocycles. The Morgan fingerprint density at radius 3 is 2.64 bits per heavy atom. The molecule has 0 aliphatic heterocycles. The molecule has 3 N–H and O–H groups in total. The first-order chi connectivity index (χ1) is 17.0. The fourth-order valence-corrected chi connectivity index (χ4v) is 3.54. The third-order valence-electron chi connectivity index (χ3n) is 5.26. The van der Waals surface area contributed by atoms with Gasteiger partial charge >= 0.3 is 11.7 Å². The maximum atomic E-state index is 12.7. The number of hydrogen-bond acceptors (Lipinski definition) is 8. The predicted molar refractivity (Wildman–Crippen MR) is 138 cm³/mol.